The van der Waals surface area contributed by atoms with Gasteiger partial charge in [-0.15, -0.1) is 0 Å². The number of nitrogens with zero attached hydrogens (tertiary/aromatic N) is 1. The highest BCUT2D eigenvalue weighted by Crippen LogP contribution is 2.30. The first-order valence-corrected chi connectivity index (χ1v) is 7.94. The van der Waals surface area contributed by atoms with Crippen molar-refractivity contribution in [2.24, 2.45) is 0 Å². The third-order valence-corrected chi connectivity index (χ3v) is 5.94. The van der Waals surface area contributed by atoms with Crippen LogP contribution in [0.2, 0.25) is 0 Å². The summed E-state index contributed by atoms with van der Waals surface area (Å²) >= 11 is 3.29. The van der Waals surface area contributed by atoms with Gasteiger partial charge in [0.15, 0.2) is 0 Å². The Morgan fingerprint density at radius 2 is 2.11 bits per heavy atom. The smallest absolute Gasteiger partial charge is 0.244 e. The minimum atomic E-state index is -3.53. The Kier molecular flexibility index (Phi) is 3.57. The highest BCUT2D eigenvalue weighted by atomic mass is 79.9. The summed E-state index contributed by atoms with van der Waals surface area (Å²) in [4.78, 5) is 0.255. The fraction of sp³-hybridized carbons (Fsp3) is 0.500. The van der Waals surface area contributed by atoms with E-state index in [1.165, 1.54) is 4.31 Å². The monoisotopic (exact) mass is 333 g/mol. The van der Waals surface area contributed by atoms with Crippen LogP contribution >= 0.6 is 15.9 Å². The van der Waals surface area contributed by atoms with Gasteiger partial charge in [-0.25, -0.2) is 8.42 Å². The molecule has 1 aliphatic heterocycles. The van der Waals surface area contributed by atoms with Crippen molar-refractivity contribution in [3.63, 3.8) is 0 Å². The Hall–Kier alpha value is -0.430. The predicted octanol–water partition coefficient (Wildman–Crippen LogP) is 1.90. The number of aliphatic hydroxyl groups is 1. The van der Waals surface area contributed by atoms with E-state index >= 15 is 0 Å². The molecule has 0 aliphatic carbocycles. The van der Waals surface area contributed by atoms with Crippen molar-refractivity contribution in [2.75, 3.05) is 13.1 Å². The van der Waals surface area contributed by atoms with Crippen LogP contribution in [0.15, 0.2) is 27.6 Å². The second-order valence-corrected chi connectivity index (χ2v) is 7.78. The molecule has 18 heavy (non-hydrogen) atoms. The van der Waals surface area contributed by atoms with Gasteiger partial charge >= 0.3 is 0 Å². The van der Waals surface area contributed by atoms with Crippen molar-refractivity contribution < 1.29 is 13.5 Å². The van der Waals surface area contributed by atoms with Crippen molar-refractivity contribution in [3.05, 3.63) is 28.2 Å². The van der Waals surface area contributed by atoms with E-state index in [1.54, 1.807) is 25.1 Å². The lowest BCUT2D eigenvalue weighted by atomic mass is 10.1. The van der Waals surface area contributed by atoms with Crippen LogP contribution in [0.25, 0.3) is 0 Å². The summed E-state index contributed by atoms with van der Waals surface area (Å²) in [6.07, 6.45) is 0.468. The molecule has 4 nitrogen and oxygen atoms in total. The summed E-state index contributed by atoms with van der Waals surface area (Å²) in [6.45, 7) is 4.07. The van der Waals surface area contributed by atoms with Crippen LogP contribution < -0.4 is 0 Å². The van der Waals surface area contributed by atoms with Gasteiger partial charge in [-0.05, 0) is 53.9 Å². The summed E-state index contributed by atoms with van der Waals surface area (Å²) in [5.74, 6) is 0. The van der Waals surface area contributed by atoms with Gasteiger partial charge in [0.1, 0.15) is 0 Å². The normalized spacial score (nSPS) is 25.6. The number of hydrogen-bond acceptors (Lipinski definition) is 3. The molecule has 6 heteroatoms. The first kappa shape index (κ1) is 14.0. The molecule has 1 saturated heterocycles. The minimum absolute atomic E-state index is 0.148. The summed E-state index contributed by atoms with van der Waals surface area (Å²) in [5, 5.41) is 9.87. The number of rotatable bonds is 2. The van der Waals surface area contributed by atoms with Gasteiger partial charge in [-0.2, -0.15) is 4.31 Å². The molecule has 0 aromatic heterocycles. The van der Waals surface area contributed by atoms with E-state index in [9.17, 15) is 13.5 Å². The quantitative estimate of drug-likeness (QED) is 0.899. The van der Waals surface area contributed by atoms with E-state index < -0.39 is 15.6 Å². The lowest BCUT2D eigenvalue weighted by Gasteiger charge is -2.19. The van der Waals surface area contributed by atoms with Crippen LogP contribution in [0.4, 0.5) is 0 Å². The fourth-order valence-corrected chi connectivity index (χ4v) is 4.77. The molecular weight excluding hydrogens is 318 g/mol. The zero-order chi connectivity index (χ0) is 13.6. The third-order valence-electron chi connectivity index (χ3n) is 3.12. The van der Waals surface area contributed by atoms with E-state index in [2.05, 4.69) is 15.9 Å². The van der Waals surface area contributed by atoms with Crippen LogP contribution in [0.1, 0.15) is 18.9 Å². The Morgan fingerprint density at radius 1 is 1.44 bits per heavy atom. The Morgan fingerprint density at radius 3 is 2.61 bits per heavy atom. The first-order valence-electron chi connectivity index (χ1n) is 5.71. The molecule has 0 saturated carbocycles. The summed E-state index contributed by atoms with van der Waals surface area (Å²) in [6, 6.07) is 5.15. The zero-order valence-electron chi connectivity index (χ0n) is 10.4. The molecule has 0 spiro atoms. The van der Waals surface area contributed by atoms with E-state index in [-0.39, 0.29) is 11.4 Å². The minimum Gasteiger partial charge on any atom is -0.389 e. The maximum absolute atomic E-state index is 12.4. The standard InChI is InChI=1S/C12H16BrNO3S/c1-9-3-4-11(10(13)7-9)18(16,17)14-6-5-12(2,15)8-14/h3-4,7,15H,5-6,8H2,1-2H3. The topological polar surface area (TPSA) is 57.6 Å². The van der Waals surface area contributed by atoms with E-state index in [0.29, 0.717) is 17.4 Å². The Balaban J connectivity index is 2.38. The summed E-state index contributed by atoms with van der Waals surface area (Å²) in [5.41, 5.74) is 0.0683. The summed E-state index contributed by atoms with van der Waals surface area (Å²) < 4.78 is 26.8. The van der Waals surface area contributed by atoms with E-state index in [4.69, 9.17) is 0 Å². The van der Waals surface area contributed by atoms with Gasteiger partial charge in [0.25, 0.3) is 0 Å². The van der Waals surface area contributed by atoms with Gasteiger partial charge in [-0.3, -0.25) is 0 Å². The molecule has 1 fully saturated rings. The van der Waals surface area contributed by atoms with Gasteiger partial charge in [0, 0.05) is 17.6 Å². The lowest BCUT2D eigenvalue weighted by molar-refractivity contribution is 0.0762. The van der Waals surface area contributed by atoms with E-state index in [1.807, 2.05) is 6.92 Å². The average Bonchev–Trinajstić information content (AvgIpc) is 2.58. The van der Waals surface area contributed by atoms with Gasteiger partial charge in [-0.1, -0.05) is 6.07 Å². The second kappa shape index (κ2) is 4.59. The number of β-amino-alcohol motifs (C(OH)–C–C–N with tert-alkyl or cyclic N) is 1. The lowest BCUT2D eigenvalue weighted by Crippen LogP contribution is -2.34. The van der Waals surface area contributed by atoms with Gasteiger partial charge in [0.05, 0.1) is 10.5 Å². The summed E-state index contributed by atoms with van der Waals surface area (Å²) in [7, 11) is -3.53. The van der Waals surface area contributed by atoms with Crippen molar-refractivity contribution in [3.8, 4) is 0 Å². The van der Waals surface area contributed by atoms with Crippen LogP contribution in [0.5, 0.6) is 0 Å². The third kappa shape index (κ3) is 2.61. The number of sulfonamides is 1. The molecular formula is C12H16BrNO3S. The molecule has 2 rings (SSSR count). The SMILES string of the molecule is Cc1ccc(S(=O)(=O)N2CCC(C)(O)C2)c(Br)c1. The Bertz CT molecular complexity index is 569. The van der Waals surface area contributed by atoms with Crippen molar-refractivity contribution in [1.29, 1.82) is 0 Å². The van der Waals surface area contributed by atoms with Crippen molar-refractivity contribution in [1.82, 2.24) is 4.31 Å². The Labute approximate surface area is 116 Å². The molecule has 100 valence electrons. The molecule has 0 bridgehead atoms. The molecule has 0 amide bonds. The van der Waals surface area contributed by atoms with Gasteiger partial charge in [0.2, 0.25) is 10.0 Å². The largest absolute Gasteiger partial charge is 0.389 e. The first-order chi connectivity index (χ1) is 8.22. The van der Waals surface area contributed by atoms with Crippen molar-refractivity contribution >= 4 is 26.0 Å². The average molecular weight is 334 g/mol. The number of aryl methyl sites for hydroxylation is 1. The number of halogens is 1. The van der Waals surface area contributed by atoms with Crippen LogP contribution in [0.3, 0.4) is 0 Å². The molecule has 1 aliphatic rings. The molecule has 1 aromatic rings. The van der Waals surface area contributed by atoms with Crippen LogP contribution in [-0.2, 0) is 10.0 Å². The molecule has 0 radical (unpaired) electrons. The van der Waals surface area contributed by atoms with Crippen LogP contribution in [0, 0.1) is 6.92 Å². The van der Waals surface area contributed by atoms with Crippen molar-refractivity contribution in [2.45, 2.75) is 30.8 Å². The number of benzene rings is 1. The fourth-order valence-electron chi connectivity index (χ4n) is 2.06. The maximum Gasteiger partial charge on any atom is 0.244 e. The maximum atomic E-state index is 12.4. The van der Waals surface area contributed by atoms with E-state index in [0.717, 1.165) is 5.56 Å². The zero-order valence-corrected chi connectivity index (χ0v) is 12.8. The predicted molar refractivity (Wildman–Crippen MR) is 72.9 cm³/mol. The molecule has 1 unspecified atom stereocenters. The van der Waals surface area contributed by atoms with Crippen LogP contribution in [-0.4, -0.2) is 36.5 Å². The second-order valence-electron chi connectivity index (χ2n) is 5.02. The molecule has 1 atom stereocenters. The van der Waals surface area contributed by atoms with Gasteiger partial charge < -0.3 is 5.11 Å². The molecule has 1 heterocycles. The molecule has 1 aromatic carbocycles. The number of hydrogen-bond donors (Lipinski definition) is 1. The highest BCUT2D eigenvalue weighted by Gasteiger charge is 2.39. The molecule has 1 N–H and O–H groups in total. The highest BCUT2D eigenvalue weighted by molar-refractivity contribution is 9.10.